The van der Waals surface area contributed by atoms with Crippen molar-refractivity contribution in [3.63, 3.8) is 0 Å². The average Bonchev–Trinajstić information content (AvgIpc) is 3.34. The lowest BCUT2D eigenvalue weighted by Crippen LogP contribution is -2.46. The highest BCUT2D eigenvalue weighted by molar-refractivity contribution is 7.80. The van der Waals surface area contributed by atoms with Gasteiger partial charge in [-0.1, -0.05) is 24.6 Å². The fourth-order valence-corrected chi connectivity index (χ4v) is 4.44. The molecule has 0 saturated carbocycles. The number of aromatic hydroxyl groups is 1. The van der Waals surface area contributed by atoms with Crippen molar-refractivity contribution >= 4 is 22.9 Å². The number of unbranched alkanes of at least 4 members (excludes halogenated alkanes) is 1. The summed E-state index contributed by atoms with van der Waals surface area (Å²) in [5, 5.41) is 18.7. The maximum Gasteiger partial charge on any atom is 0.258 e. The first-order valence-corrected chi connectivity index (χ1v) is 12.1. The van der Waals surface area contributed by atoms with E-state index in [-0.39, 0.29) is 11.8 Å². The molecule has 1 atom stereocenters. The summed E-state index contributed by atoms with van der Waals surface area (Å²) in [6, 6.07) is 12.5. The number of hydrogen-bond acceptors (Lipinski definition) is 7. The third kappa shape index (κ3) is 5.09. The van der Waals surface area contributed by atoms with E-state index in [1.807, 2.05) is 44.2 Å². The molecule has 0 fully saturated rings. The van der Waals surface area contributed by atoms with E-state index in [1.54, 1.807) is 12.1 Å². The van der Waals surface area contributed by atoms with Crippen LogP contribution in [0, 0.1) is 0 Å². The van der Waals surface area contributed by atoms with E-state index < -0.39 is 0 Å². The van der Waals surface area contributed by atoms with Gasteiger partial charge in [0, 0.05) is 17.8 Å². The van der Waals surface area contributed by atoms with Gasteiger partial charge in [0.05, 0.1) is 25.3 Å². The Kier molecular flexibility index (Phi) is 7.55. The first-order valence-electron chi connectivity index (χ1n) is 11.7. The number of methoxy groups -OCH3 is 1. The van der Waals surface area contributed by atoms with Crippen molar-refractivity contribution < 1.29 is 19.1 Å². The number of benzene rings is 2. The largest absolute Gasteiger partial charge is 0.504 e. The van der Waals surface area contributed by atoms with E-state index in [0.717, 1.165) is 47.5 Å². The van der Waals surface area contributed by atoms with E-state index in [1.165, 1.54) is 7.11 Å². The first-order chi connectivity index (χ1) is 17.0. The molecular formula is C26H30N4O4S. The number of ether oxygens (including phenoxy) is 2. The maximum atomic E-state index is 10.4. The minimum Gasteiger partial charge on any atom is -0.504 e. The minimum absolute atomic E-state index is 0.0451. The normalized spacial score (nSPS) is 15.8. The van der Waals surface area contributed by atoms with Crippen LogP contribution in [0.15, 0.2) is 52.7 Å². The van der Waals surface area contributed by atoms with Gasteiger partial charge in [-0.2, -0.15) is 4.98 Å². The highest BCUT2D eigenvalue weighted by atomic mass is 32.1. The summed E-state index contributed by atoms with van der Waals surface area (Å²) in [7, 11) is 1.52. The molecular weight excluding hydrogens is 464 g/mol. The third-order valence-corrected chi connectivity index (χ3v) is 6.29. The molecule has 0 amide bonds. The Balaban J connectivity index is 1.76. The zero-order valence-corrected chi connectivity index (χ0v) is 21.2. The molecule has 1 aliphatic rings. The van der Waals surface area contributed by atoms with E-state index in [4.69, 9.17) is 31.2 Å². The molecule has 0 aliphatic carbocycles. The number of allylic oxidation sites excluding steroid dienone is 1. The molecule has 0 spiro atoms. The minimum atomic E-state index is -0.384. The van der Waals surface area contributed by atoms with Gasteiger partial charge in [0.2, 0.25) is 5.82 Å². The second kappa shape index (κ2) is 10.8. The van der Waals surface area contributed by atoms with E-state index >= 15 is 0 Å². The number of hydrogen-bond donors (Lipinski definition) is 2. The second-order valence-electron chi connectivity index (χ2n) is 8.20. The molecule has 0 bridgehead atoms. The molecule has 4 rings (SSSR count). The average molecular weight is 495 g/mol. The van der Waals surface area contributed by atoms with Crippen molar-refractivity contribution in [3.8, 4) is 28.6 Å². The summed E-state index contributed by atoms with van der Waals surface area (Å²) in [5.74, 6) is 2.10. The Bertz CT molecular complexity index is 1220. The molecule has 2 aromatic carbocycles. The molecule has 3 aromatic rings. The fourth-order valence-electron chi connectivity index (χ4n) is 4.10. The molecule has 2 N–H and O–H groups in total. The third-order valence-electron chi connectivity index (χ3n) is 5.95. The van der Waals surface area contributed by atoms with Gasteiger partial charge in [-0.05, 0) is 74.4 Å². The molecule has 1 aliphatic heterocycles. The summed E-state index contributed by atoms with van der Waals surface area (Å²) < 4.78 is 16.5. The van der Waals surface area contributed by atoms with Gasteiger partial charge in [0.1, 0.15) is 5.75 Å². The summed E-state index contributed by atoms with van der Waals surface area (Å²) in [4.78, 5) is 6.79. The first kappa shape index (κ1) is 24.5. The highest BCUT2D eigenvalue weighted by Crippen LogP contribution is 2.40. The van der Waals surface area contributed by atoms with Crippen molar-refractivity contribution in [3.05, 3.63) is 59.6 Å². The van der Waals surface area contributed by atoms with Crippen molar-refractivity contribution in [2.45, 2.75) is 39.7 Å². The lowest BCUT2D eigenvalue weighted by molar-refractivity contribution is 0.340. The van der Waals surface area contributed by atoms with Crippen molar-refractivity contribution in [1.29, 1.82) is 0 Å². The molecule has 8 nitrogen and oxygen atoms in total. The van der Waals surface area contributed by atoms with Crippen LogP contribution in [0.1, 0.15) is 51.1 Å². The van der Waals surface area contributed by atoms with Crippen LogP contribution in [0.25, 0.3) is 17.0 Å². The lowest BCUT2D eigenvalue weighted by atomic mass is 9.94. The van der Waals surface area contributed by atoms with Crippen LogP contribution in [0.5, 0.6) is 17.2 Å². The monoisotopic (exact) mass is 494 g/mol. The molecule has 0 radical (unpaired) electrons. The molecule has 2 heterocycles. The molecule has 1 aromatic heterocycles. The predicted octanol–water partition coefficient (Wildman–Crippen LogP) is 5.31. The number of phenolic OH excluding ortho intramolecular Hbond substituents is 1. The van der Waals surface area contributed by atoms with E-state index in [2.05, 4.69) is 22.3 Å². The van der Waals surface area contributed by atoms with Crippen molar-refractivity contribution in [1.82, 2.24) is 20.4 Å². The summed E-state index contributed by atoms with van der Waals surface area (Å²) >= 11 is 5.71. The molecule has 0 saturated heterocycles. The van der Waals surface area contributed by atoms with Crippen LogP contribution in [-0.2, 0) is 0 Å². The summed E-state index contributed by atoms with van der Waals surface area (Å²) in [6.07, 6.45) is 2.03. The van der Waals surface area contributed by atoms with Gasteiger partial charge >= 0.3 is 0 Å². The van der Waals surface area contributed by atoms with Gasteiger partial charge in [-0.15, -0.1) is 0 Å². The van der Waals surface area contributed by atoms with Crippen LogP contribution in [0.2, 0.25) is 0 Å². The van der Waals surface area contributed by atoms with Gasteiger partial charge in [-0.25, -0.2) is 0 Å². The number of nitrogens with zero attached hydrogens (tertiary/aromatic N) is 3. The Labute approximate surface area is 210 Å². The van der Waals surface area contributed by atoms with Crippen molar-refractivity contribution in [2.75, 3.05) is 20.3 Å². The van der Waals surface area contributed by atoms with E-state index in [0.29, 0.717) is 29.2 Å². The Morgan fingerprint density at radius 1 is 1.17 bits per heavy atom. The predicted molar refractivity (Wildman–Crippen MR) is 138 cm³/mol. The molecule has 184 valence electrons. The molecule has 35 heavy (non-hydrogen) atoms. The maximum absolute atomic E-state index is 10.4. The topological polar surface area (TPSA) is 92.9 Å². The van der Waals surface area contributed by atoms with Gasteiger partial charge < -0.3 is 29.3 Å². The van der Waals surface area contributed by atoms with Gasteiger partial charge in [0.25, 0.3) is 5.89 Å². The number of nitrogens with one attached hydrogen (secondary N) is 1. The van der Waals surface area contributed by atoms with E-state index in [9.17, 15) is 5.11 Å². The fraction of sp³-hybridized carbons (Fsp3) is 0.346. The van der Waals surface area contributed by atoms with Gasteiger partial charge in [-0.3, -0.25) is 0 Å². The van der Waals surface area contributed by atoms with Crippen LogP contribution in [0.4, 0.5) is 0 Å². The second-order valence-corrected chi connectivity index (χ2v) is 8.59. The van der Waals surface area contributed by atoms with Crippen molar-refractivity contribution in [2.24, 2.45) is 0 Å². The summed E-state index contributed by atoms with van der Waals surface area (Å²) in [5.41, 5.74) is 3.37. The van der Waals surface area contributed by atoms with Crippen LogP contribution < -0.4 is 14.8 Å². The number of aromatic nitrogens is 2. The number of rotatable bonds is 9. The lowest BCUT2D eigenvalue weighted by Gasteiger charge is -2.37. The van der Waals surface area contributed by atoms with Crippen LogP contribution >= 0.6 is 12.2 Å². The van der Waals surface area contributed by atoms with Crippen LogP contribution in [0.3, 0.4) is 0 Å². The molecule has 9 heteroatoms. The standard InChI is InChI=1S/C26H30N4O4S/c1-5-7-14-30-16(3)22(23(27-26(30)35)18-10-13-21(32-4)20(31)15-18)25-28-24(29-34-25)17-8-11-19(12-9-17)33-6-2/h8-13,15,23,31H,5-7,14H2,1-4H3,(H,27,35). The Morgan fingerprint density at radius 3 is 2.60 bits per heavy atom. The Hall–Kier alpha value is -3.59. The summed E-state index contributed by atoms with van der Waals surface area (Å²) in [6.45, 7) is 7.48. The number of thiocarbonyl (C=S) groups is 1. The van der Waals surface area contributed by atoms with Gasteiger partial charge in [0.15, 0.2) is 16.6 Å². The van der Waals surface area contributed by atoms with Crippen LogP contribution in [-0.4, -0.2) is 45.5 Å². The quantitative estimate of drug-likeness (QED) is 0.384. The number of phenols is 1. The Morgan fingerprint density at radius 2 is 1.94 bits per heavy atom. The SMILES string of the molecule is CCCCN1C(=S)NC(c2ccc(OC)c(O)c2)C(c2nc(-c3ccc(OCC)cc3)no2)=C1C. The zero-order valence-electron chi connectivity index (χ0n) is 20.4. The highest BCUT2D eigenvalue weighted by Gasteiger charge is 2.34. The molecule has 1 unspecified atom stereocenters. The smallest absolute Gasteiger partial charge is 0.258 e. The zero-order chi connectivity index (χ0) is 24.9.